The van der Waals surface area contributed by atoms with Gasteiger partial charge in [0.05, 0.1) is 19.0 Å². The van der Waals surface area contributed by atoms with Crippen LogP contribution < -0.4 is 14.8 Å². The molecule has 0 aliphatic heterocycles. The van der Waals surface area contributed by atoms with Gasteiger partial charge in [-0.25, -0.2) is 13.4 Å². The number of nitrogens with one attached hydrogen (secondary N) is 2. The summed E-state index contributed by atoms with van der Waals surface area (Å²) in [5, 5.41) is 3.43. The highest BCUT2D eigenvalue weighted by atomic mass is 32.2. The molecule has 1 aliphatic carbocycles. The fourth-order valence-corrected chi connectivity index (χ4v) is 4.42. The third-order valence-corrected chi connectivity index (χ3v) is 6.17. The minimum atomic E-state index is -3.79. The summed E-state index contributed by atoms with van der Waals surface area (Å²) < 4.78 is 33.3. The third-order valence-electron chi connectivity index (χ3n) is 4.80. The van der Waals surface area contributed by atoms with Gasteiger partial charge in [0, 0.05) is 6.04 Å². The summed E-state index contributed by atoms with van der Waals surface area (Å²) in [7, 11) is -2.33. The highest BCUT2D eigenvalue weighted by Crippen LogP contribution is 2.29. The van der Waals surface area contributed by atoms with Gasteiger partial charge in [-0.15, -0.1) is 0 Å². The maximum atomic E-state index is 12.8. The minimum absolute atomic E-state index is 0.109. The van der Waals surface area contributed by atoms with Crippen LogP contribution in [0.5, 0.6) is 5.75 Å². The Morgan fingerprint density at radius 3 is 2.42 bits per heavy atom. The van der Waals surface area contributed by atoms with Gasteiger partial charge in [-0.3, -0.25) is 4.72 Å². The molecule has 6 nitrogen and oxygen atoms in total. The topological polar surface area (TPSA) is 80.3 Å². The number of aryl methyl sites for hydroxylation is 2. The molecule has 1 aromatic heterocycles. The summed E-state index contributed by atoms with van der Waals surface area (Å²) in [4.78, 5) is 4.34. The van der Waals surface area contributed by atoms with Crippen LogP contribution >= 0.6 is 0 Å². The van der Waals surface area contributed by atoms with Gasteiger partial charge < -0.3 is 10.1 Å². The van der Waals surface area contributed by atoms with Crippen molar-refractivity contribution in [3.05, 3.63) is 41.6 Å². The van der Waals surface area contributed by atoms with Gasteiger partial charge in [0.25, 0.3) is 10.0 Å². The molecule has 1 aliphatic rings. The molecule has 1 fully saturated rings. The van der Waals surface area contributed by atoms with Crippen molar-refractivity contribution < 1.29 is 13.2 Å². The van der Waals surface area contributed by atoms with E-state index in [-0.39, 0.29) is 10.7 Å². The fourth-order valence-electron chi connectivity index (χ4n) is 3.17. The number of hydrogen-bond acceptors (Lipinski definition) is 5. The number of ether oxygens (including phenoxy) is 1. The number of rotatable bonds is 6. The van der Waals surface area contributed by atoms with Gasteiger partial charge in [-0.05, 0) is 62.1 Å². The molecule has 3 rings (SSSR count). The van der Waals surface area contributed by atoms with Crippen molar-refractivity contribution in [1.82, 2.24) is 4.98 Å². The number of methoxy groups -OCH3 is 1. The molecule has 0 bridgehead atoms. The van der Waals surface area contributed by atoms with E-state index in [1.807, 2.05) is 19.9 Å². The van der Waals surface area contributed by atoms with E-state index >= 15 is 0 Å². The average molecular weight is 375 g/mol. The molecule has 140 valence electrons. The molecule has 1 saturated carbocycles. The Labute approximate surface area is 155 Å². The van der Waals surface area contributed by atoms with Crippen LogP contribution in [0.4, 0.5) is 11.5 Å². The first kappa shape index (κ1) is 18.5. The first-order valence-electron chi connectivity index (χ1n) is 8.79. The zero-order chi connectivity index (χ0) is 18.7. The molecule has 0 amide bonds. The van der Waals surface area contributed by atoms with E-state index in [1.54, 1.807) is 24.4 Å². The lowest BCUT2D eigenvalue weighted by Crippen LogP contribution is -2.16. The van der Waals surface area contributed by atoms with Gasteiger partial charge in [0.15, 0.2) is 0 Å². The lowest BCUT2D eigenvalue weighted by Gasteiger charge is -2.15. The number of aromatic nitrogens is 1. The summed E-state index contributed by atoms with van der Waals surface area (Å²) >= 11 is 0. The van der Waals surface area contributed by atoms with Crippen LogP contribution in [-0.2, 0) is 10.0 Å². The molecule has 0 saturated heterocycles. The Morgan fingerprint density at radius 2 is 1.81 bits per heavy atom. The van der Waals surface area contributed by atoms with Gasteiger partial charge in [-0.1, -0.05) is 12.8 Å². The summed E-state index contributed by atoms with van der Waals surface area (Å²) in [5.41, 5.74) is 2.76. The summed E-state index contributed by atoms with van der Waals surface area (Å²) in [5.74, 6) is 0.599. The van der Waals surface area contributed by atoms with E-state index in [1.165, 1.54) is 32.8 Å². The number of hydrogen-bond donors (Lipinski definition) is 2. The lowest BCUT2D eigenvalue weighted by molar-refractivity contribution is 0.402. The van der Waals surface area contributed by atoms with Crippen molar-refractivity contribution in [3.63, 3.8) is 0 Å². The van der Waals surface area contributed by atoms with Gasteiger partial charge >= 0.3 is 0 Å². The largest absolute Gasteiger partial charge is 0.495 e. The average Bonchev–Trinajstić information content (AvgIpc) is 3.11. The second-order valence-corrected chi connectivity index (χ2v) is 8.40. The monoisotopic (exact) mass is 375 g/mol. The molecule has 1 heterocycles. The van der Waals surface area contributed by atoms with E-state index in [0.29, 0.717) is 11.8 Å². The number of anilines is 2. The lowest BCUT2D eigenvalue weighted by atomic mass is 10.1. The van der Waals surface area contributed by atoms with Crippen molar-refractivity contribution in [2.75, 3.05) is 17.1 Å². The zero-order valence-corrected chi connectivity index (χ0v) is 16.2. The predicted octanol–water partition coefficient (Wildman–Crippen LogP) is 3.86. The van der Waals surface area contributed by atoms with E-state index in [9.17, 15) is 8.42 Å². The third kappa shape index (κ3) is 4.09. The Kier molecular flexibility index (Phi) is 5.36. The fraction of sp³-hybridized carbons (Fsp3) is 0.421. The van der Waals surface area contributed by atoms with Gasteiger partial charge in [0.1, 0.15) is 16.5 Å². The number of benzene rings is 1. The van der Waals surface area contributed by atoms with E-state index in [2.05, 4.69) is 15.0 Å². The number of sulfonamides is 1. The molecule has 0 spiro atoms. The Morgan fingerprint density at radius 1 is 1.12 bits per heavy atom. The van der Waals surface area contributed by atoms with Gasteiger partial charge in [-0.2, -0.15) is 0 Å². The molecule has 0 radical (unpaired) electrons. The van der Waals surface area contributed by atoms with E-state index < -0.39 is 10.0 Å². The van der Waals surface area contributed by atoms with E-state index in [4.69, 9.17) is 4.74 Å². The van der Waals surface area contributed by atoms with Crippen LogP contribution in [0.3, 0.4) is 0 Å². The van der Waals surface area contributed by atoms with Crippen molar-refractivity contribution >= 4 is 21.5 Å². The molecule has 0 atom stereocenters. The Bertz CT molecular complexity index is 874. The Hall–Kier alpha value is -2.28. The number of pyridine rings is 1. The Balaban J connectivity index is 1.78. The summed E-state index contributed by atoms with van der Waals surface area (Å²) in [6.07, 6.45) is 6.50. The summed E-state index contributed by atoms with van der Waals surface area (Å²) in [6, 6.07) is 7.35. The van der Waals surface area contributed by atoms with Crippen LogP contribution in [-0.4, -0.2) is 26.6 Å². The maximum Gasteiger partial charge on any atom is 0.266 e. The molecule has 26 heavy (non-hydrogen) atoms. The maximum absolute atomic E-state index is 12.8. The standard InChI is InChI=1S/C19H25N3O3S/c1-13-10-17(25-3)18(11-14(13)2)26(23,24)22-19-9-8-16(12-20-19)21-15-6-4-5-7-15/h8-12,15,21H,4-7H2,1-3H3,(H,20,22). The normalized spacial score (nSPS) is 15.0. The molecule has 7 heteroatoms. The van der Waals surface area contributed by atoms with Crippen LogP contribution in [0.1, 0.15) is 36.8 Å². The van der Waals surface area contributed by atoms with Crippen LogP contribution in [0.15, 0.2) is 35.4 Å². The molecule has 0 unspecified atom stereocenters. The molecular formula is C19H25N3O3S. The smallest absolute Gasteiger partial charge is 0.266 e. The number of nitrogens with zero attached hydrogens (tertiary/aromatic N) is 1. The first-order valence-corrected chi connectivity index (χ1v) is 10.3. The highest BCUT2D eigenvalue weighted by molar-refractivity contribution is 7.92. The van der Waals surface area contributed by atoms with Crippen LogP contribution in [0, 0.1) is 13.8 Å². The van der Waals surface area contributed by atoms with Crippen molar-refractivity contribution in [2.45, 2.75) is 50.5 Å². The zero-order valence-electron chi connectivity index (χ0n) is 15.4. The summed E-state index contributed by atoms with van der Waals surface area (Å²) in [6.45, 7) is 3.79. The first-order chi connectivity index (χ1) is 12.4. The minimum Gasteiger partial charge on any atom is -0.495 e. The van der Waals surface area contributed by atoms with Crippen molar-refractivity contribution in [2.24, 2.45) is 0 Å². The van der Waals surface area contributed by atoms with Crippen LogP contribution in [0.2, 0.25) is 0 Å². The molecule has 1 aromatic carbocycles. The predicted molar refractivity (Wildman–Crippen MR) is 103 cm³/mol. The van der Waals surface area contributed by atoms with E-state index in [0.717, 1.165) is 16.8 Å². The SMILES string of the molecule is COc1cc(C)c(C)cc1S(=O)(=O)Nc1ccc(NC2CCCC2)cn1. The second-order valence-electron chi connectivity index (χ2n) is 6.75. The second kappa shape index (κ2) is 7.53. The highest BCUT2D eigenvalue weighted by Gasteiger charge is 2.21. The molecule has 2 aromatic rings. The van der Waals surface area contributed by atoms with Crippen molar-refractivity contribution in [1.29, 1.82) is 0 Å². The van der Waals surface area contributed by atoms with Gasteiger partial charge in [0.2, 0.25) is 0 Å². The van der Waals surface area contributed by atoms with Crippen LogP contribution in [0.25, 0.3) is 0 Å². The molecular weight excluding hydrogens is 350 g/mol. The molecule has 2 N–H and O–H groups in total. The quantitative estimate of drug-likeness (QED) is 0.801. The van der Waals surface area contributed by atoms with Crippen molar-refractivity contribution in [3.8, 4) is 5.75 Å².